The normalized spacial score (nSPS) is 18.2. The molecule has 25 heavy (non-hydrogen) atoms. The summed E-state index contributed by atoms with van der Waals surface area (Å²) in [6.07, 6.45) is 8.14. The van der Waals surface area contributed by atoms with Gasteiger partial charge in [0.25, 0.3) is 0 Å². The average molecular weight is 364 g/mol. The number of nitrogens with zero attached hydrogens (tertiary/aromatic N) is 4. The fourth-order valence-corrected chi connectivity index (χ4v) is 3.92. The van der Waals surface area contributed by atoms with Crippen LogP contribution in [0.2, 0.25) is 0 Å². The quantitative estimate of drug-likeness (QED) is 0.793. The molecule has 0 aliphatic carbocycles. The monoisotopic (exact) mass is 364 g/mol. The summed E-state index contributed by atoms with van der Waals surface area (Å²) in [6, 6.07) is 0. The zero-order chi connectivity index (χ0) is 17.9. The Morgan fingerprint density at radius 2 is 2.24 bits per heavy atom. The number of hydrogen-bond donors (Lipinski definition) is 2. The predicted molar refractivity (Wildman–Crippen MR) is 95.2 cm³/mol. The summed E-state index contributed by atoms with van der Waals surface area (Å²) in [5.41, 5.74) is 1.63. The van der Waals surface area contributed by atoms with Gasteiger partial charge in [0.1, 0.15) is 4.90 Å². The Labute approximate surface area is 148 Å². The zero-order valence-corrected chi connectivity index (χ0v) is 15.4. The summed E-state index contributed by atoms with van der Waals surface area (Å²) in [6.45, 7) is 5.12. The number of piperidine rings is 1. The van der Waals surface area contributed by atoms with E-state index < -0.39 is 9.84 Å². The first-order valence-corrected chi connectivity index (χ1v) is 10.4. The van der Waals surface area contributed by atoms with Gasteiger partial charge in [0.15, 0.2) is 9.84 Å². The molecule has 2 aromatic heterocycles. The lowest BCUT2D eigenvalue weighted by atomic mass is 9.96. The SMILES string of the molecule is CCn1cncc1CNc1ncc(S(C)(=O)=O)c(C2CCCNC2)n1. The highest BCUT2D eigenvalue weighted by Gasteiger charge is 2.25. The van der Waals surface area contributed by atoms with Crippen LogP contribution in [0.1, 0.15) is 37.1 Å². The highest BCUT2D eigenvalue weighted by atomic mass is 32.2. The van der Waals surface area contributed by atoms with Gasteiger partial charge in [0, 0.05) is 31.5 Å². The summed E-state index contributed by atoms with van der Waals surface area (Å²) in [5, 5.41) is 6.50. The fourth-order valence-electron chi connectivity index (χ4n) is 3.08. The van der Waals surface area contributed by atoms with E-state index in [9.17, 15) is 8.42 Å². The lowest BCUT2D eigenvalue weighted by molar-refractivity contribution is 0.448. The van der Waals surface area contributed by atoms with Crippen molar-refractivity contribution < 1.29 is 8.42 Å². The summed E-state index contributed by atoms with van der Waals surface area (Å²) in [4.78, 5) is 13.1. The van der Waals surface area contributed by atoms with Gasteiger partial charge in [0.2, 0.25) is 5.95 Å². The van der Waals surface area contributed by atoms with E-state index >= 15 is 0 Å². The summed E-state index contributed by atoms with van der Waals surface area (Å²) >= 11 is 0. The third kappa shape index (κ3) is 4.16. The van der Waals surface area contributed by atoms with Crippen LogP contribution in [0.15, 0.2) is 23.6 Å². The van der Waals surface area contributed by atoms with Gasteiger partial charge in [-0.2, -0.15) is 0 Å². The van der Waals surface area contributed by atoms with Crippen molar-refractivity contribution in [3.05, 3.63) is 30.1 Å². The van der Waals surface area contributed by atoms with E-state index in [0.717, 1.165) is 38.2 Å². The molecular formula is C16H24N6O2S. The molecule has 1 unspecified atom stereocenters. The highest BCUT2D eigenvalue weighted by molar-refractivity contribution is 7.90. The first-order chi connectivity index (χ1) is 12.0. The van der Waals surface area contributed by atoms with Crippen LogP contribution in [-0.2, 0) is 22.9 Å². The van der Waals surface area contributed by atoms with Crippen molar-refractivity contribution in [1.82, 2.24) is 24.8 Å². The van der Waals surface area contributed by atoms with Crippen molar-refractivity contribution in [2.45, 2.75) is 43.7 Å². The molecule has 3 heterocycles. The smallest absolute Gasteiger partial charge is 0.223 e. The molecule has 0 bridgehead atoms. The molecule has 0 spiro atoms. The number of anilines is 1. The molecule has 0 aromatic carbocycles. The number of sulfone groups is 1. The van der Waals surface area contributed by atoms with Gasteiger partial charge in [-0.1, -0.05) is 0 Å². The van der Waals surface area contributed by atoms with Crippen molar-refractivity contribution >= 4 is 15.8 Å². The Hall–Kier alpha value is -2.00. The largest absolute Gasteiger partial charge is 0.349 e. The van der Waals surface area contributed by atoms with E-state index in [1.807, 2.05) is 4.57 Å². The molecule has 1 saturated heterocycles. The van der Waals surface area contributed by atoms with Crippen LogP contribution in [-0.4, -0.2) is 47.3 Å². The van der Waals surface area contributed by atoms with Crippen LogP contribution in [0.4, 0.5) is 5.95 Å². The van der Waals surface area contributed by atoms with Crippen LogP contribution >= 0.6 is 0 Å². The van der Waals surface area contributed by atoms with Crippen molar-refractivity contribution in [1.29, 1.82) is 0 Å². The lowest BCUT2D eigenvalue weighted by Gasteiger charge is -2.24. The minimum Gasteiger partial charge on any atom is -0.349 e. The number of rotatable bonds is 6. The van der Waals surface area contributed by atoms with E-state index in [1.54, 1.807) is 12.5 Å². The molecule has 3 rings (SSSR count). The van der Waals surface area contributed by atoms with Crippen molar-refractivity contribution in [2.75, 3.05) is 24.7 Å². The third-order valence-electron chi connectivity index (χ3n) is 4.43. The topological polar surface area (TPSA) is 102 Å². The van der Waals surface area contributed by atoms with Crippen LogP contribution in [0.25, 0.3) is 0 Å². The van der Waals surface area contributed by atoms with Crippen molar-refractivity contribution in [2.24, 2.45) is 0 Å². The highest BCUT2D eigenvalue weighted by Crippen LogP contribution is 2.28. The first kappa shape index (κ1) is 17.8. The van der Waals surface area contributed by atoms with Gasteiger partial charge in [-0.25, -0.2) is 23.4 Å². The minimum absolute atomic E-state index is 0.0863. The second kappa shape index (κ2) is 7.49. The second-order valence-corrected chi connectivity index (χ2v) is 8.27. The maximum Gasteiger partial charge on any atom is 0.223 e. The molecule has 1 fully saturated rings. The Balaban J connectivity index is 1.85. The molecule has 1 atom stereocenters. The van der Waals surface area contributed by atoms with E-state index in [-0.39, 0.29) is 10.8 Å². The van der Waals surface area contributed by atoms with Crippen LogP contribution < -0.4 is 10.6 Å². The standard InChI is InChI=1S/C16H24N6O2S/c1-3-22-11-18-8-13(22)9-19-16-20-10-14(25(2,23)24)15(21-16)12-5-4-6-17-7-12/h8,10-12,17H,3-7,9H2,1-2H3,(H,19,20,21). The fraction of sp³-hybridized carbons (Fsp3) is 0.562. The summed E-state index contributed by atoms with van der Waals surface area (Å²) < 4.78 is 26.2. The number of aryl methyl sites for hydroxylation is 1. The maximum atomic E-state index is 12.1. The second-order valence-electron chi connectivity index (χ2n) is 6.28. The van der Waals surface area contributed by atoms with Gasteiger partial charge in [-0.3, -0.25) is 0 Å². The summed E-state index contributed by atoms with van der Waals surface area (Å²) in [5.74, 6) is 0.528. The van der Waals surface area contributed by atoms with Gasteiger partial charge in [0.05, 0.1) is 30.5 Å². The Morgan fingerprint density at radius 1 is 1.40 bits per heavy atom. The molecule has 0 radical (unpaired) electrons. The number of nitrogens with one attached hydrogen (secondary N) is 2. The number of hydrogen-bond acceptors (Lipinski definition) is 7. The Kier molecular flexibility index (Phi) is 5.33. The van der Waals surface area contributed by atoms with Crippen molar-refractivity contribution in [3.63, 3.8) is 0 Å². The molecule has 1 aliphatic rings. The zero-order valence-electron chi connectivity index (χ0n) is 14.6. The van der Waals surface area contributed by atoms with E-state index in [4.69, 9.17) is 0 Å². The van der Waals surface area contributed by atoms with E-state index in [0.29, 0.717) is 18.2 Å². The Morgan fingerprint density at radius 3 is 2.92 bits per heavy atom. The third-order valence-corrected chi connectivity index (χ3v) is 5.55. The predicted octanol–water partition coefficient (Wildman–Crippen LogP) is 1.18. The van der Waals surface area contributed by atoms with Gasteiger partial charge >= 0.3 is 0 Å². The molecule has 2 N–H and O–H groups in total. The molecule has 1 aliphatic heterocycles. The molecule has 0 saturated carbocycles. The van der Waals surface area contributed by atoms with Gasteiger partial charge in [-0.05, 0) is 26.3 Å². The lowest BCUT2D eigenvalue weighted by Crippen LogP contribution is -2.30. The van der Waals surface area contributed by atoms with E-state index in [2.05, 4.69) is 32.5 Å². The molecule has 2 aromatic rings. The summed E-state index contributed by atoms with van der Waals surface area (Å²) in [7, 11) is -3.36. The molecule has 8 nitrogen and oxygen atoms in total. The minimum atomic E-state index is -3.36. The van der Waals surface area contributed by atoms with Crippen molar-refractivity contribution in [3.8, 4) is 0 Å². The molecular weight excluding hydrogens is 340 g/mol. The molecule has 9 heteroatoms. The Bertz CT molecular complexity index is 827. The van der Waals surface area contributed by atoms with Crippen LogP contribution in [0.5, 0.6) is 0 Å². The number of aromatic nitrogens is 4. The van der Waals surface area contributed by atoms with Gasteiger partial charge in [-0.15, -0.1) is 0 Å². The average Bonchev–Trinajstić information content (AvgIpc) is 3.07. The number of imidazole rings is 1. The molecule has 0 amide bonds. The maximum absolute atomic E-state index is 12.1. The van der Waals surface area contributed by atoms with E-state index in [1.165, 1.54) is 12.5 Å². The first-order valence-electron chi connectivity index (χ1n) is 8.49. The molecule has 136 valence electrons. The van der Waals surface area contributed by atoms with Gasteiger partial charge < -0.3 is 15.2 Å². The van der Waals surface area contributed by atoms with Crippen LogP contribution in [0, 0.1) is 0 Å². The van der Waals surface area contributed by atoms with Crippen LogP contribution in [0.3, 0.4) is 0 Å².